The summed E-state index contributed by atoms with van der Waals surface area (Å²) in [6.07, 6.45) is 5.16. The van der Waals surface area contributed by atoms with Crippen LogP contribution >= 0.6 is 0 Å². The summed E-state index contributed by atoms with van der Waals surface area (Å²) in [6.45, 7) is 11.5. The summed E-state index contributed by atoms with van der Waals surface area (Å²) in [5.41, 5.74) is 1.73. The number of unbranched alkanes of at least 4 members (excludes halogenated alkanes) is 2. The molecule has 0 aliphatic carbocycles. The highest BCUT2D eigenvalue weighted by molar-refractivity contribution is 5.19. The van der Waals surface area contributed by atoms with Crippen molar-refractivity contribution in [3.8, 4) is 0 Å². The third kappa shape index (κ3) is 5.78. The minimum absolute atomic E-state index is 0.303. The van der Waals surface area contributed by atoms with Crippen LogP contribution in [0.2, 0.25) is 0 Å². The summed E-state index contributed by atoms with van der Waals surface area (Å²) in [4.78, 5) is 0. The lowest BCUT2D eigenvalue weighted by Gasteiger charge is -2.32. The molecule has 1 rings (SSSR count). The predicted molar refractivity (Wildman–Crippen MR) is 85.4 cm³/mol. The molecule has 108 valence electrons. The summed E-state index contributed by atoms with van der Waals surface area (Å²) >= 11 is 0. The van der Waals surface area contributed by atoms with Crippen LogP contribution in [0.4, 0.5) is 0 Å². The average Bonchev–Trinajstić information content (AvgIpc) is 2.37. The molecule has 1 heteroatoms. The lowest BCUT2D eigenvalue weighted by molar-refractivity contribution is 0.256. The Hall–Kier alpha value is -0.820. The molecule has 1 nitrogen and oxygen atoms in total. The van der Waals surface area contributed by atoms with Crippen molar-refractivity contribution < 1.29 is 0 Å². The first kappa shape index (κ1) is 16.2. The Morgan fingerprint density at radius 3 is 2.21 bits per heavy atom. The Morgan fingerprint density at radius 1 is 1.05 bits per heavy atom. The van der Waals surface area contributed by atoms with Crippen LogP contribution in [0.1, 0.15) is 71.9 Å². The lowest BCUT2D eigenvalue weighted by Crippen LogP contribution is -2.40. The van der Waals surface area contributed by atoms with Gasteiger partial charge in [-0.05, 0) is 24.3 Å². The van der Waals surface area contributed by atoms with Gasteiger partial charge in [-0.2, -0.15) is 0 Å². The fourth-order valence-corrected chi connectivity index (χ4v) is 2.18. The number of nitrogens with one attached hydrogen (secondary N) is 1. The smallest absolute Gasteiger partial charge is 0.0322 e. The molecule has 19 heavy (non-hydrogen) atoms. The first-order chi connectivity index (χ1) is 8.95. The molecule has 0 spiro atoms. The van der Waals surface area contributed by atoms with Crippen molar-refractivity contribution in [3.63, 3.8) is 0 Å². The van der Waals surface area contributed by atoms with Gasteiger partial charge in [0.15, 0.2) is 0 Å². The summed E-state index contributed by atoms with van der Waals surface area (Å²) in [5.74, 6) is 0. The quantitative estimate of drug-likeness (QED) is 0.654. The maximum Gasteiger partial charge on any atom is 0.0322 e. The van der Waals surface area contributed by atoms with E-state index in [9.17, 15) is 0 Å². The van der Waals surface area contributed by atoms with Gasteiger partial charge in [0.2, 0.25) is 0 Å². The van der Waals surface area contributed by atoms with Gasteiger partial charge in [0, 0.05) is 12.1 Å². The standard InChI is InChI=1S/C18H31N/c1-6-7-9-14-17(16-12-10-8-11-13-16)19-15(2)18(3,4)5/h8,10-13,15,17,19H,6-7,9,14H2,1-5H3. The van der Waals surface area contributed by atoms with Gasteiger partial charge in [0.25, 0.3) is 0 Å². The van der Waals surface area contributed by atoms with Crippen LogP contribution in [-0.4, -0.2) is 6.04 Å². The molecule has 2 atom stereocenters. The molecule has 1 N–H and O–H groups in total. The van der Waals surface area contributed by atoms with Crippen molar-refractivity contribution in [2.75, 3.05) is 0 Å². The van der Waals surface area contributed by atoms with Gasteiger partial charge in [-0.15, -0.1) is 0 Å². The zero-order chi connectivity index (χ0) is 14.3. The Morgan fingerprint density at radius 2 is 1.68 bits per heavy atom. The second-order valence-corrected chi connectivity index (χ2v) is 6.71. The van der Waals surface area contributed by atoms with Gasteiger partial charge >= 0.3 is 0 Å². The monoisotopic (exact) mass is 261 g/mol. The molecule has 1 aromatic rings. The SMILES string of the molecule is CCCCCC(NC(C)C(C)(C)C)c1ccccc1. The van der Waals surface area contributed by atoms with E-state index in [1.165, 1.54) is 31.2 Å². The van der Waals surface area contributed by atoms with Gasteiger partial charge in [0.05, 0.1) is 0 Å². The first-order valence-electron chi connectivity index (χ1n) is 7.76. The largest absolute Gasteiger partial charge is 0.307 e. The van der Waals surface area contributed by atoms with Crippen molar-refractivity contribution in [1.29, 1.82) is 0 Å². The molecule has 0 bridgehead atoms. The van der Waals surface area contributed by atoms with E-state index in [1.807, 2.05) is 0 Å². The number of hydrogen-bond acceptors (Lipinski definition) is 1. The highest BCUT2D eigenvalue weighted by Crippen LogP contribution is 2.25. The molecule has 0 heterocycles. The molecule has 1 aromatic carbocycles. The Balaban J connectivity index is 2.70. The molecule has 2 unspecified atom stereocenters. The lowest BCUT2D eigenvalue weighted by atomic mass is 9.86. The summed E-state index contributed by atoms with van der Waals surface area (Å²) in [5, 5.41) is 3.83. The highest BCUT2D eigenvalue weighted by atomic mass is 15.0. The molecule has 0 aliphatic heterocycles. The fourth-order valence-electron chi connectivity index (χ4n) is 2.18. The van der Waals surface area contributed by atoms with E-state index < -0.39 is 0 Å². The molecular weight excluding hydrogens is 230 g/mol. The van der Waals surface area contributed by atoms with Gasteiger partial charge in [-0.25, -0.2) is 0 Å². The molecule has 0 amide bonds. The molecule has 0 saturated heterocycles. The van der Waals surface area contributed by atoms with Crippen LogP contribution in [0, 0.1) is 5.41 Å². The maximum atomic E-state index is 3.83. The van der Waals surface area contributed by atoms with Crippen LogP contribution in [0.25, 0.3) is 0 Å². The Bertz CT molecular complexity index is 336. The van der Waals surface area contributed by atoms with E-state index >= 15 is 0 Å². The number of hydrogen-bond donors (Lipinski definition) is 1. The van der Waals surface area contributed by atoms with Gasteiger partial charge in [-0.1, -0.05) is 77.3 Å². The van der Waals surface area contributed by atoms with E-state index in [0.717, 1.165) is 0 Å². The summed E-state index contributed by atoms with van der Waals surface area (Å²) in [7, 11) is 0. The third-order valence-electron chi connectivity index (χ3n) is 4.05. The molecule has 0 aliphatic rings. The van der Waals surface area contributed by atoms with Crippen molar-refractivity contribution in [1.82, 2.24) is 5.32 Å². The van der Waals surface area contributed by atoms with E-state index in [1.54, 1.807) is 0 Å². The van der Waals surface area contributed by atoms with E-state index in [4.69, 9.17) is 0 Å². The average molecular weight is 261 g/mol. The molecule has 0 saturated carbocycles. The Labute approximate surface area is 119 Å². The second-order valence-electron chi connectivity index (χ2n) is 6.71. The van der Waals surface area contributed by atoms with Crippen LogP contribution in [0.3, 0.4) is 0 Å². The minimum Gasteiger partial charge on any atom is -0.307 e. The molecule has 0 fully saturated rings. The Kier molecular flexibility index (Phi) is 6.57. The zero-order valence-corrected chi connectivity index (χ0v) is 13.4. The molecule has 0 aromatic heterocycles. The third-order valence-corrected chi connectivity index (χ3v) is 4.05. The second kappa shape index (κ2) is 7.69. The minimum atomic E-state index is 0.303. The van der Waals surface area contributed by atoms with Gasteiger partial charge in [0.1, 0.15) is 0 Å². The van der Waals surface area contributed by atoms with Crippen molar-refractivity contribution in [2.45, 2.75) is 72.4 Å². The van der Waals surface area contributed by atoms with E-state index in [0.29, 0.717) is 17.5 Å². The van der Waals surface area contributed by atoms with E-state index in [2.05, 4.69) is 70.3 Å². The van der Waals surface area contributed by atoms with Crippen LogP contribution < -0.4 is 5.32 Å². The van der Waals surface area contributed by atoms with Crippen LogP contribution in [-0.2, 0) is 0 Å². The first-order valence-corrected chi connectivity index (χ1v) is 7.76. The topological polar surface area (TPSA) is 12.0 Å². The summed E-state index contributed by atoms with van der Waals surface area (Å²) < 4.78 is 0. The van der Waals surface area contributed by atoms with Crippen molar-refractivity contribution in [2.24, 2.45) is 5.41 Å². The number of rotatable bonds is 7. The van der Waals surface area contributed by atoms with Crippen molar-refractivity contribution in [3.05, 3.63) is 35.9 Å². The predicted octanol–water partition coefficient (Wildman–Crippen LogP) is 5.33. The number of benzene rings is 1. The summed E-state index contributed by atoms with van der Waals surface area (Å²) in [6, 6.07) is 11.9. The van der Waals surface area contributed by atoms with Crippen LogP contribution in [0.5, 0.6) is 0 Å². The molecule has 0 radical (unpaired) electrons. The zero-order valence-electron chi connectivity index (χ0n) is 13.4. The highest BCUT2D eigenvalue weighted by Gasteiger charge is 2.23. The van der Waals surface area contributed by atoms with Gasteiger partial charge in [-0.3, -0.25) is 0 Å². The van der Waals surface area contributed by atoms with Gasteiger partial charge < -0.3 is 5.32 Å². The normalized spacial score (nSPS) is 15.2. The fraction of sp³-hybridized carbons (Fsp3) is 0.667. The maximum absolute atomic E-state index is 3.83. The molecular formula is C18H31N. The van der Waals surface area contributed by atoms with E-state index in [-0.39, 0.29) is 0 Å². The van der Waals surface area contributed by atoms with Crippen LogP contribution in [0.15, 0.2) is 30.3 Å². The van der Waals surface area contributed by atoms with Crippen molar-refractivity contribution >= 4 is 0 Å².